The normalized spacial score (nSPS) is 14.1. The lowest BCUT2D eigenvalue weighted by molar-refractivity contribution is 0.0953. The molecular weight excluding hydrogens is 416 g/mol. The molecule has 2 aromatic rings. The maximum absolute atomic E-state index is 12.8. The quantitative estimate of drug-likeness (QED) is 0.631. The molecule has 7 nitrogen and oxygen atoms in total. The molecule has 31 heavy (non-hydrogen) atoms. The zero-order valence-electron chi connectivity index (χ0n) is 18.5. The molecule has 0 spiro atoms. The molecule has 2 aromatic carbocycles. The Morgan fingerprint density at radius 3 is 2.23 bits per heavy atom. The predicted molar refractivity (Wildman–Crippen MR) is 120 cm³/mol. The van der Waals surface area contributed by atoms with Crippen LogP contribution in [0.1, 0.15) is 39.0 Å². The van der Waals surface area contributed by atoms with Gasteiger partial charge in [0.25, 0.3) is 5.91 Å². The molecule has 168 valence electrons. The van der Waals surface area contributed by atoms with Gasteiger partial charge >= 0.3 is 0 Å². The maximum Gasteiger partial charge on any atom is 0.251 e. The Morgan fingerprint density at radius 2 is 1.61 bits per heavy atom. The topological polar surface area (TPSA) is 84.9 Å². The molecule has 1 amide bonds. The molecule has 1 N–H and O–H groups in total. The Balaban J connectivity index is 1.56. The molecular formula is C23H30N2O5S. The lowest BCUT2D eigenvalue weighted by Gasteiger charge is -2.29. The Hall–Kier alpha value is -2.58. The van der Waals surface area contributed by atoms with Crippen LogP contribution in [0, 0.1) is 13.8 Å². The van der Waals surface area contributed by atoms with Gasteiger partial charge in [-0.25, -0.2) is 8.42 Å². The van der Waals surface area contributed by atoms with Gasteiger partial charge in [-0.1, -0.05) is 17.2 Å². The van der Waals surface area contributed by atoms with Crippen LogP contribution in [0.25, 0.3) is 0 Å². The highest BCUT2D eigenvalue weighted by Gasteiger charge is 2.27. The second kappa shape index (κ2) is 9.70. The van der Waals surface area contributed by atoms with Gasteiger partial charge in [0.15, 0.2) is 11.5 Å². The summed E-state index contributed by atoms with van der Waals surface area (Å²) >= 11 is 0. The molecule has 0 atom stereocenters. The molecule has 0 unspecified atom stereocenters. The Bertz CT molecular complexity index is 1050. The monoisotopic (exact) mass is 446 g/mol. The standard InChI is InChI=1S/C23H30N2O5S/c1-16-10-17(2)12-19(11-16)23(26)24-7-5-9-31(27,28)25-8-6-18-13-21(29-3)22(30-4)14-20(18)15-25/h10-14H,5-9,15H2,1-4H3,(H,24,26). The van der Waals surface area contributed by atoms with Gasteiger partial charge < -0.3 is 14.8 Å². The molecule has 0 radical (unpaired) electrons. The summed E-state index contributed by atoms with van der Waals surface area (Å²) in [6.07, 6.45) is 0.979. The minimum atomic E-state index is -3.43. The van der Waals surface area contributed by atoms with Crippen molar-refractivity contribution in [1.29, 1.82) is 0 Å². The maximum atomic E-state index is 12.8. The lowest BCUT2D eigenvalue weighted by atomic mass is 10.0. The van der Waals surface area contributed by atoms with Gasteiger partial charge in [-0.05, 0) is 62.1 Å². The number of carbonyl (C=O) groups excluding carboxylic acids is 1. The Kier molecular flexibility index (Phi) is 7.23. The van der Waals surface area contributed by atoms with Crippen molar-refractivity contribution in [1.82, 2.24) is 9.62 Å². The van der Waals surface area contributed by atoms with E-state index in [1.165, 1.54) is 4.31 Å². The lowest BCUT2D eigenvalue weighted by Crippen LogP contribution is -2.38. The largest absolute Gasteiger partial charge is 0.493 e. The molecule has 1 aliphatic rings. The van der Waals surface area contributed by atoms with E-state index in [9.17, 15) is 13.2 Å². The zero-order valence-corrected chi connectivity index (χ0v) is 19.3. The van der Waals surface area contributed by atoms with Crippen molar-refractivity contribution in [2.75, 3.05) is 33.1 Å². The second-order valence-electron chi connectivity index (χ2n) is 7.86. The number of fused-ring (bicyclic) bond motifs is 1. The summed E-state index contributed by atoms with van der Waals surface area (Å²) in [5.74, 6) is 1.05. The van der Waals surface area contributed by atoms with Crippen LogP contribution in [0.3, 0.4) is 0 Å². The number of amides is 1. The number of ether oxygens (including phenoxy) is 2. The minimum Gasteiger partial charge on any atom is -0.493 e. The summed E-state index contributed by atoms with van der Waals surface area (Å²) in [5, 5.41) is 2.82. The number of benzene rings is 2. The van der Waals surface area contributed by atoms with Crippen LogP contribution in [0.15, 0.2) is 30.3 Å². The first-order valence-electron chi connectivity index (χ1n) is 10.3. The van der Waals surface area contributed by atoms with Crippen LogP contribution in [0.5, 0.6) is 11.5 Å². The van der Waals surface area contributed by atoms with Crippen LogP contribution in [-0.2, 0) is 23.0 Å². The van der Waals surface area contributed by atoms with Crippen LogP contribution >= 0.6 is 0 Å². The average molecular weight is 447 g/mol. The second-order valence-corrected chi connectivity index (χ2v) is 9.95. The first kappa shape index (κ1) is 23.1. The minimum absolute atomic E-state index is 0.0112. The highest BCUT2D eigenvalue weighted by Crippen LogP contribution is 2.33. The summed E-state index contributed by atoms with van der Waals surface area (Å²) in [6.45, 7) is 4.94. The Morgan fingerprint density at radius 1 is 1.00 bits per heavy atom. The first-order chi connectivity index (χ1) is 14.7. The van der Waals surface area contributed by atoms with E-state index in [1.54, 1.807) is 14.2 Å². The smallest absolute Gasteiger partial charge is 0.251 e. The molecule has 1 heterocycles. The first-order valence-corrected chi connectivity index (χ1v) is 11.9. The number of hydrogen-bond acceptors (Lipinski definition) is 5. The molecule has 0 saturated carbocycles. The van der Waals surface area contributed by atoms with E-state index in [0.717, 1.165) is 22.3 Å². The van der Waals surface area contributed by atoms with Crippen molar-refractivity contribution in [3.05, 3.63) is 58.1 Å². The highest BCUT2D eigenvalue weighted by molar-refractivity contribution is 7.89. The summed E-state index contributed by atoms with van der Waals surface area (Å²) in [4.78, 5) is 12.3. The van der Waals surface area contributed by atoms with E-state index in [2.05, 4.69) is 5.32 Å². The van der Waals surface area contributed by atoms with Crippen molar-refractivity contribution in [3.8, 4) is 11.5 Å². The van der Waals surface area contributed by atoms with Gasteiger partial charge in [-0.15, -0.1) is 0 Å². The molecule has 0 aromatic heterocycles. The third-order valence-corrected chi connectivity index (χ3v) is 7.33. The van der Waals surface area contributed by atoms with Gasteiger partial charge in [-0.3, -0.25) is 4.79 Å². The fraction of sp³-hybridized carbons (Fsp3) is 0.435. The fourth-order valence-electron chi connectivity index (χ4n) is 3.89. The molecule has 0 aliphatic carbocycles. The third-order valence-electron chi connectivity index (χ3n) is 5.42. The van der Waals surface area contributed by atoms with Gasteiger partial charge in [0.05, 0.1) is 20.0 Å². The number of aryl methyl sites for hydroxylation is 2. The molecule has 8 heteroatoms. The van der Waals surface area contributed by atoms with E-state index < -0.39 is 10.0 Å². The fourth-order valence-corrected chi connectivity index (χ4v) is 5.36. The van der Waals surface area contributed by atoms with Gasteiger partial charge in [0.1, 0.15) is 0 Å². The average Bonchev–Trinajstić information content (AvgIpc) is 2.74. The van der Waals surface area contributed by atoms with Gasteiger partial charge in [0.2, 0.25) is 10.0 Å². The summed E-state index contributed by atoms with van der Waals surface area (Å²) in [5.41, 5.74) is 4.64. The zero-order chi connectivity index (χ0) is 22.6. The van der Waals surface area contributed by atoms with Crippen molar-refractivity contribution in [2.24, 2.45) is 0 Å². The molecule has 0 saturated heterocycles. The van der Waals surface area contributed by atoms with Crippen molar-refractivity contribution < 1.29 is 22.7 Å². The number of carbonyl (C=O) groups is 1. The summed E-state index contributed by atoms with van der Waals surface area (Å²) in [6, 6.07) is 9.42. The van der Waals surface area contributed by atoms with Crippen molar-refractivity contribution in [2.45, 2.75) is 33.2 Å². The number of hydrogen-bond donors (Lipinski definition) is 1. The van der Waals surface area contributed by atoms with E-state index in [-0.39, 0.29) is 11.7 Å². The third kappa shape index (κ3) is 5.57. The number of sulfonamides is 1. The van der Waals surface area contributed by atoms with E-state index in [0.29, 0.717) is 49.5 Å². The van der Waals surface area contributed by atoms with Crippen molar-refractivity contribution >= 4 is 15.9 Å². The van der Waals surface area contributed by atoms with E-state index in [4.69, 9.17) is 9.47 Å². The molecule has 0 bridgehead atoms. The SMILES string of the molecule is COc1cc2c(cc1OC)CN(S(=O)(=O)CCCNC(=O)c1cc(C)cc(C)c1)CC2. The Labute approximate surface area is 184 Å². The molecule has 3 rings (SSSR count). The highest BCUT2D eigenvalue weighted by atomic mass is 32.2. The number of methoxy groups -OCH3 is 2. The van der Waals surface area contributed by atoms with Crippen LogP contribution in [0.4, 0.5) is 0 Å². The van der Waals surface area contributed by atoms with Crippen molar-refractivity contribution in [3.63, 3.8) is 0 Å². The van der Waals surface area contributed by atoms with E-state index >= 15 is 0 Å². The van der Waals surface area contributed by atoms with Gasteiger partial charge in [-0.2, -0.15) is 4.31 Å². The van der Waals surface area contributed by atoms with Gasteiger partial charge in [0, 0.05) is 25.2 Å². The molecule has 1 aliphatic heterocycles. The van der Waals surface area contributed by atoms with Crippen LogP contribution < -0.4 is 14.8 Å². The molecule has 0 fully saturated rings. The van der Waals surface area contributed by atoms with Crippen LogP contribution in [-0.4, -0.2) is 51.7 Å². The number of nitrogens with zero attached hydrogens (tertiary/aromatic N) is 1. The van der Waals surface area contributed by atoms with Crippen LogP contribution in [0.2, 0.25) is 0 Å². The number of rotatable bonds is 8. The van der Waals surface area contributed by atoms with E-state index in [1.807, 2.05) is 44.2 Å². The predicted octanol–water partition coefficient (Wildman–Crippen LogP) is 2.83. The number of nitrogens with one attached hydrogen (secondary N) is 1. The summed E-state index contributed by atoms with van der Waals surface area (Å²) in [7, 11) is -0.278. The summed E-state index contributed by atoms with van der Waals surface area (Å²) < 4.78 is 37.9.